The van der Waals surface area contributed by atoms with Crippen LogP contribution in [0.4, 0.5) is 0 Å². The Hall–Kier alpha value is -1.26. The van der Waals surface area contributed by atoms with E-state index < -0.39 is 5.97 Å². The second kappa shape index (κ2) is 5.58. The van der Waals surface area contributed by atoms with E-state index in [0.29, 0.717) is 5.57 Å². The van der Waals surface area contributed by atoms with Crippen molar-refractivity contribution >= 4 is 23.3 Å². The maximum absolute atomic E-state index is 10.5. The second-order valence-electron chi connectivity index (χ2n) is 2.89. The first-order valence-electron chi connectivity index (χ1n) is 4.36. The Bertz CT molecular complexity index is 368. The molecule has 0 radical (unpaired) electrons. The largest absolute Gasteiger partial charge is 0.478 e. The summed E-state index contributed by atoms with van der Waals surface area (Å²) in [6.45, 7) is -0.273. The van der Waals surface area contributed by atoms with Crippen molar-refractivity contribution in [1.29, 1.82) is 0 Å². The molecule has 0 saturated carbocycles. The summed E-state index contributed by atoms with van der Waals surface area (Å²) in [7, 11) is 0. The monoisotopic (exact) mass is 224 g/mol. The number of carboxylic acids is 1. The van der Waals surface area contributed by atoms with Crippen LogP contribution in [-0.4, -0.2) is 29.0 Å². The van der Waals surface area contributed by atoms with Gasteiger partial charge in [0.25, 0.3) is 0 Å². The molecule has 0 spiro atoms. The zero-order valence-electron chi connectivity index (χ0n) is 8.30. The quantitative estimate of drug-likeness (QED) is 0.605. The number of thioether (sulfide) groups is 1. The molecular weight excluding hydrogens is 212 g/mol. The van der Waals surface area contributed by atoms with Crippen LogP contribution in [0.15, 0.2) is 35.2 Å². The Morgan fingerprint density at radius 2 is 2.00 bits per heavy atom. The number of carbonyl (C=O) groups is 1. The summed E-state index contributed by atoms with van der Waals surface area (Å²) in [6.07, 6.45) is 2.99. The molecule has 0 amide bonds. The molecule has 1 rings (SSSR count). The number of benzene rings is 1. The van der Waals surface area contributed by atoms with Gasteiger partial charge in [-0.2, -0.15) is 0 Å². The summed E-state index contributed by atoms with van der Waals surface area (Å²) in [5.41, 5.74) is 1.15. The molecule has 80 valence electrons. The summed E-state index contributed by atoms with van der Waals surface area (Å²) >= 11 is 1.61. The first-order chi connectivity index (χ1) is 7.17. The van der Waals surface area contributed by atoms with Gasteiger partial charge in [-0.15, -0.1) is 11.8 Å². The number of aliphatic hydroxyl groups is 1. The van der Waals surface area contributed by atoms with Gasteiger partial charge in [0.2, 0.25) is 0 Å². The molecular formula is C11H12O3S. The first-order valence-corrected chi connectivity index (χ1v) is 5.58. The molecule has 0 fully saturated rings. The highest BCUT2D eigenvalue weighted by atomic mass is 32.2. The molecule has 4 heteroatoms. The van der Waals surface area contributed by atoms with Crippen LogP contribution in [-0.2, 0) is 4.79 Å². The zero-order valence-corrected chi connectivity index (χ0v) is 9.12. The molecule has 15 heavy (non-hydrogen) atoms. The molecule has 0 heterocycles. The number of aliphatic carboxylic acids is 1. The van der Waals surface area contributed by atoms with E-state index in [1.165, 1.54) is 0 Å². The van der Waals surface area contributed by atoms with Gasteiger partial charge in [0.15, 0.2) is 0 Å². The van der Waals surface area contributed by atoms with Crippen LogP contribution < -0.4 is 0 Å². The molecule has 0 bridgehead atoms. The fraction of sp³-hybridized carbons (Fsp3) is 0.182. The zero-order chi connectivity index (χ0) is 11.3. The second-order valence-corrected chi connectivity index (χ2v) is 3.77. The van der Waals surface area contributed by atoms with Gasteiger partial charge >= 0.3 is 5.97 Å². The molecule has 0 aromatic heterocycles. The van der Waals surface area contributed by atoms with E-state index in [0.717, 1.165) is 16.5 Å². The normalized spacial score (nSPS) is 11.5. The summed E-state index contributed by atoms with van der Waals surface area (Å²) in [5.74, 6) is -1.05. The van der Waals surface area contributed by atoms with E-state index in [2.05, 4.69) is 0 Å². The van der Waals surface area contributed by atoms with Crippen molar-refractivity contribution < 1.29 is 15.0 Å². The van der Waals surface area contributed by atoms with Gasteiger partial charge in [0.05, 0.1) is 6.61 Å². The van der Waals surface area contributed by atoms with Gasteiger partial charge in [0.1, 0.15) is 0 Å². The van der Waals surface area contributed by atoms with Gasteiger partial charge < -0.3 is 10.2 Å². The first kappa shape index (κ1) is 11.8. The van der Waals surface area contributed by atoms with Crippen LogP contribution in [0.1, 0.15) is 5.56 Å². The molecule has 1 aromatic rings. The lowest BCUT2D eigenvalue weighted by Gasteiger charge is -2.04. The lowest BCUT2D eigenvalue weighted by molar-refractivity contribution is -0.131. The molecule has 0 aliphatic heterocycles. The summed E-state index contributed by atoms with van der Waals surface area (Å²) in [6, 6.07) is 7.39. The van der Waals surface area contributed by atoms with E-state index in [1.807, 2.05) is 18.4 Å². The number of carboxylic acid groups (broad SMARTS) is 1. The summed E-state index contributed by atoms with van der Waals surface area (Å²) in [5, 5.41) is 17.6. The molecule has 0 atom stereocenters. The van der Waals surface area contributed by atoms with Crippen molar-refractivity contribution in [2.75, 3.05) is 12.9 Å². The molecule has 0 unspecified atom stereocenters. The van der Waals surface area contributed by atoms with Crippen LogP contribution in [0.5, 0.6) is 0 Å². The predicted octanol–water partition coefficient (Wildman–Crippen LogP) is 1.87. The Kier molecular flexibility index (Phi) is 4.39. The summed E-state index contributed by atoms with van der Waals surface area (Å²) < 4.78 is 0. The van der Waals surface area contributed by atoms with Crippen molar-refractivity contribution in [3.05, 3.63) is 35.9 Å². The fourth-order valence-corrected chi connectivity index (χ4v) is 1.58. The van der Waals surface area contributed by atoms with Crippen molar-refractivity contribution in [3.63, 3.8) is 0 Å². The third kappa shape index (κ3) is 3.42. The molecule has 0 saturated heterocycles. The fourth-order valence-electron chi connectivity index (χ4n) is 1.17. The maximum Gasteiger partial charge on any atom is 0.328 e. The average Bonchev–Trinajstić information content (AvgIpc) is 2.26. The van der Waals surface area contributed by atoms with E-state index >= 15 is 0 Å². The van der Waals surface area contributed by atoms with Gasteiger partial charge in [-0.05, 0) is 29.5 Å². The van der Waals surface area contributed by atoms with Gasteiger partial charge in [-0.3, -0.25) is 0 Å². The predicted molar refractivity (Wildman–Crippen MR) is 60.9 cm³/mol. The van der Waals surface area contributed by atoms with E-state index in [4.69, 9.17) is 10.2 Å². The number of rotatable bonds is 4. The molecule has 2 N–H and O–H groups in total. The smallest absolute Gasteiger partial charge is 0.328 e. The van der Waals surface area contributed by atoms with Gasteiger partial charge in [0, 0.05) is 11.0 Å². The van der Waals surface area contributed by atoms with Crippen LogP contribution in [0.2, 0.25) is 0 Å². The number of aliphatic hydroxyl groups excluding tert-OH is 1. The number of hydrogen-bond donors (Lipinski definition) is 2. The van der Waals surface area contributed by atoms with Gasteiger partial charge in [-0.25, -0.2) is 4.79 Å². The lowest BCUT2D eigenvalue weighted by Crippen LogP contribution is -1.96. The van der Waals surface area contributed by atoms with Gasteiger partial charge in [-0.1, -0.05) is 12.1 Å². The molecule has 0 aliphatic carbocycles. The third-order valence-electron chi connectivity index (χ3n) is 1.93. The highest BCUT2D eigenvalue weighted by molar-refractivity contribution is 7.98. The minimum absolute atomic E-state index is 0.273. The minimum Gasteiger partial charge on any atom is -0.478 e. The Morgan fingerprint density at radius 1 is 1.40 bits per heavy atom. The lowest BCUT2D eigenvalue weighted by atomic mass is 10.1. The standard InChI is InChI=1S/C11H12O3S/c1-15-10-4-2-8(3-5-10)9(7-12)6-11(13)14/h2-6,12H,7H2,1H3,(H,13,14)/b9-6+. The highest BCUT2D eigenvalue weighted by Crippen LogP contribution is 2.19. The Balaban J connectivity index is 2.98. The number of hydrogen-bond acceptors (Lipinski definition) is 3. The minimum atomic E-state index is -1.05. The maximum atomic E-state index is 10.5. The van der Waals surface area contributed by atoms with E-state index in [1.54, 1.807) is 23.9 Å². The average molecular weight is 224 g/mol. The third-order valence-corrected chi connectivity index (χ3v) is 2.67. The highest BCUT2D eigenvalue weighted by Gasteiger charge is 2.02. The van der Waals surface area contributed by atoms with Crippen molar-refractivity contribution in [1.82, 2.24) is 0 Å². The van der Waals surface area contributed by atoms with Crippen molar-refractivity contribution in [2.24, 2.45) is 0 Å². The molecule has 3 nitrogen and oxygen atoms in total. The summed E-state index contributed by atoms with van der Waals surface area (Å²) in [4.78, 5) is 11.6. The molecule has 0 aliphatic rings. The Labute approximate surface area is 92.4 Å². The van der Waals surface area contributed by atoms with Crippen LogP contribution in [0.3, 0.4) is 0 Å². The van der Waals surface area contributed by atoms with Crippen LogP contribution in [0.25, 0.3) is 5.57 Å². The van der Waals surface area contributed by atoms with Crippen molar-refractivity contribution in [3.8, 4) is 0 Å². The Morgan fingerprint density at radius 3 is 2.40 bits per heavy atom. The van der Waals surface area contributed by atoms with Crippen LogP contribution in [0, 0.1) is 0 Å². The van der Waals surface area contributed by atoms with E-state index in [-0.39, 0.29) is 6.61 Å². The van der Waals surface area contributed by atoms with Crippen molar-refractivity contribution in [2.45, 2.75) is 4.90 Å². The SMILES string of the molecule is CSc1ccc(/C(=C/C(=O)O)CO)cc1. The molecule has 1 aromatic carbocycles. The topological polar surface area (TPSA) is 57.5 Å². The van der Waals surface area contributed by atoms with Crippen LogP contribution >= 0.6 is 11.8 Å². The van der Waals surface area contributed by atoms with E-state index in [9.17, 15) is 4.79 Å².